The van der Waals surface area contributed by atoms with Crippen LogP contribution in [0.25, 0.3) is 0 Å². The number of aliphatic hydroxyl groups excluding tert-OH is 2. The van der Waals surface area contributed by atoms with E-state index in [4.69, 9.17) is 15.5 Å². The lowest BCUT2D eigenvalue weighted by Crippen LogP contribution is -2.37. The van der Waals surface area contributed by atoms with Gasteiger partial charge < -0.3 is 30.8 Å². The summed E-state index contributed by atoms with van der Waals surface area (Å²) in [7, 11) is 0. The average Bonchev–Trinajstić information content (AvgIpc) is 3.56. The predicted molar refractivity (Wildman–Crippen MR) is 172 cm³/mol. The zero-order chi connectivity index (χ0) is 30.5. The zero-order valence-corrected chi connectivity index (χ0v) is 26.0. The average molecular weight is 591 g/mol. The van der Waals surface area contributed by atoms with Crippen molar-refractivity contribution in [3.8, 4) is 11.5 Å². The van der Waals surface area contributed by atoms with E-state index in [2.05, 4.69) is 24.0 Å². The van der Waals surface area contributed by atoms with Crippen molar-refractivity contribution in [1.29, 1.82) is 0 Å². The van der Waals surface area contributed by atoms with Gasteiger partial charge in [0.25, 0.3) is 0 Å². The second-order valence-corrected chi connectivity index (χ2v) is 12.5. The SMILES string of the molecule is CCCCCCC[C@H](O)C[C@H](O)CCc1ccc(O)c(OCC[C@H](c2ccnc(N)c2)C2(c3ccc[n-]3)CCCCC2)c1. The van der Waals surface area contributed by atoms with E-state index in [1.807, 2.05) is 30.5 Å². The Hall–Kier alpha value is -3.03. The van der Waals surface area contributed by atoms with Gasteiger partial charge in [-0.1, -0.05) is 76.5 Å². The minimum atomic E-state index is -0.561. The highest BCUT2D eigenvalue weighted by molar-refractivity contribution is 5.42. The number of aromatic nitrogens is 2. The van der Waals surface area contributed by atoms with Gasteiger partial charge >= 0.3 is 0 Å². The molecule has 5 N–H and O–H groups in total. The van der Waals surface area contributed by atoms with E-state index in [1.165, 1.54) is 25.7 Å². The van der Waals surface area contributed by atoms with Crippen molar-refractivity contribution in [2.24, 2.45) is 0 Å². The van der Waals surface area contributed by atoms with Crippen LogP contribution in [0.1, 0.15) is 120 Å². The van der Waals surface area contributed by atoms with Crippen molar-refractivity contribution in [2.75, 3.05) is 12.3 Å². The molecule has 43 heavy (non-hydrogen) atoms. The molecule has 4 rings (SSSR count). The number of nitrogen functional groups attached to an aromatic ring is 1. The molecule has 1 saturated carbocycles. The monoisotopic (exact) mass is 590 g/mol. The maximum absolute atomic E-state index is 10.6. The molecular weight excluding hydrogens is 538 g/mol. The molecule has 1 aliphatic carbocycles. The van der Waals surface area contributed by atoms with Gasteiger partial charge in [0.15, 0.2) is 11.5 Å². The molecule has 0 saturated heterocycles. The number of hydrogen-bond donors (Lipinski definition) is 4. The number of unbranched alkanes of at least 4 members (excludes halogenated alkanes) is 4. The molecule has 0 amide bonds. The lowest BCUT2D eigenvalue weighted by atomic mass is 9.61. The van der Waals surface area contributed by atoms with Gasteiger partial charge in [-0.05, 0) is 91.7 Å². The Morgan fingerprint density at radius 3 is 2.49 bits per heavy atom. The van der Waals surface area contributed by atoms with Crippen molar-refractivity contribution in [3.63, 3.8) is 0 Å². The number of rotatable bonds is 18. The Bertz CT molecular complexity index is 1210. The van der Waals surface area contributed by atoms with Crippen LogP contribution in [0.4, 0.5) is 5.82 Å². The summed E-state index contributed by atoms with van der Waals surface area (Å²) in [5, 5.41) is 31.5. The molecule has 3 atom stereocenters. The number of ether oxygens (including phenoxy) is 1. The number of anilines is 1. The van der Waals surface area contributed by atoms with Crippen LogP contribution in [0.5, 0.6) is 11.5 Å². The van der Waals surface area contributed by atoms with Gasteiger partial charge in [0, 0.05) is 6.20 Å². The molecule has 7 heteroatoms. The molecule has 0 unspecified atom stereocenters. The molecule has 0 bridgehead atoms. The summed E-state index contributed by atoms with van der Waals surface area (Å²) in [4.78, 5) is 9.02. The summed E-state index contributed by atoms with van der Waals surface area (Å²) in [5.74, 6) is 1.22. The third-order valence-electron chi connectivity index (χ3n) is 9.32. The number of phenolic OH excluding ortho intramolecular Hbond substituents is 1. The van der Waals surface area contributed by atoms with Gasteiger partial charge in [0.2, 0.25) is 0 Å². The highest BCUT2D eigenvalue weighted by atomic mass is 16.5. The fourth-order valence-corrected chi connectivity index (χ4v) is 6.99. The molecule has 0 spiro atoms. The van der Waals surface area contributed by atoms with Crippen molar-refractivity contribution in [3.05, 3.63) is 71.7 Å². The van der Waals surface area contributed by atoms with Gasteiger partial charge in [-0.3, -0.25) is 0 Å². The Kier molecular flexibility index (Phi) is 12.8. The number of aryl methyl sites for hydroxylation is 1. The number of phenols is 1. The quantitative estimate of drug-likeness (QED) is 0.116. The van der Waals surface area contributed by atoms with E-state index in [-0.39, 0.29) is 17.1 Å². The first-order valence-corrected chi connectivity index (χ1v) is 16.5. The van der Waals surface area contributed by atoms with Crippen LogP contribution in [0.2, 0.25) is 0 Å². The highest BCUT2D eigenvalue weighted by Crippen LogP contribution is 2.50. The number of nitrogens with two attached hydrogens (primary N) is 1. The summed E-state index contributed by atoms with van der Waals surface area (Å²) >= 11 is 0. The summed E-state index contributed by atoms with van der Waals surface area (Å²) in [6.07, 6.45) is 17.2. The number of pyridine rings is 1. The summed E-state index contributed by atoms with van der Waals surface area (Å²) < 4.78 is 6.24. The van der Waals surface area contributed by atoms with E-state index in [9.17, 15) is 15.3 Å². The van der Waals surface area contributed by atoms with Gasteiger partial charge in [-0.25, -0.2) is 4.98 Å². The van der Waals surface area contributed by atoms with Crippen molar-refractivity contribution >= 4 is 5.82 Å². The van der Waals surface area contributed by atoms with E-state index in [0.29, 0.717) is 37.4 Å². The first-order valence-electron chi connectivity index (χ1n) is 16.5. The Labute approximate surface area is 257 Å². The minimum absolute atomic E-state index is 0.0982. The zero-order valence-electron chi connectivity index (χ0n) is 26.0. The maximum Gasteiger partial charge on any atom is 0.161 e. The fourth-order valence-electron chi connectivity index (χ4n) is 6.99. The number of benzene rings is 1. The third kappa shape index (κ3) is 9.48. The van der Waals surface area contributed by atoms with Gasteiger partial charge in [0.05, 0.1) is 18.8 Å². The molecular formula is C36H52N3O4-. The van der Waals surface area contributed by atoms with E-state index in [0.717, 1.165) is 68.2 Å². The van der Waals surface area contributed by atoms with Gasteiger partial charge in [-0.15, -0.1) is 0 Å². The lowest BCUT2D eigenvalue weighted by Gasteiger charge is -2.47. The van der Waals surface area contributed by atoms with Crippen LogP contribution >= 0.6 is 0 Å². The molecule has 236 valence electrons. The Balaban J connectivity index is 1.37. The van der Waals surface area contributed by atoms with E-state index in [1.54, 1.807) is 12.3 Å². The summed E-state index contributed by atoms with van der Waals surface area (Å²) in [5.41, 5.74) is 9.31. The Morgan fingerprint density at radius 1 is 0.953 bits per heavy atom. The van der Waals surface area contributed by atoms with Crippen molar-refractivity contribution < 1.29 is 20.1 Å². The normalized spacial score (nSPS) is 16.9. The van der Waals surface area contributed by atoms with Crippen molar-refractivity contribution in [1.82, 2.24) is 9.97 Å². The Morgan fingerprint density at radius 2 is 1.74 bits per heavy atom. The molecule has 2 aromatic heterocycles. The van der Waals surface area contributed by atoms with Crippen LogP contribution in [0, 0.1) is 0 Å². The van der Waals surface area contributed by atoms with Crippen LogP contribution in [-0.2, 0) is 11.8 Å². The smallest absolute Gasteiger partial charge is 0.161 e. The van der Waals surface area contributed by atoms with Crippen LogP contribution < -0.4 is 15.5 Å². The van der Waals surface area contributed by atoms with Crippen LogP contribution in [0.3, 0.4) is 0 Å². The van der Waals surface area contributed by atoms with E-state index >= 15 is 0 Å². The van der Waals surface area contributed by atoms with Crippen LogP contribution in [0.15, 0.2) is 54.9 Å². The fraction of sp³-hybridized carbons (Fsp3) is 0.583. The molecule has 2 heterocycles. The van der Waals surface area contributed by atoms with Crippen LogP contribution in [-0.4, -0.2) is 39.1 Å². The molecule has 0 aliphatic heterocycles. The van der Waals surface area contributed by atoms with Crippen molar-refractivity contribution in [2.45, 2.75) is 127 Å². The maximum atomic E-state index is 10.6. The van der Waals surface area contributed by atoms with Gasteiger partial charge in [-0.2, -0.15) is 11.9 Å². The molecule has 1 aromatic carbocycles. The predicted octanol–water partition coefficient (Wildman–Crippen LogP) is 7.19. The molecule has 7 nitrogen and oxygen atoms in total. The summed E-state index contributed by atoms with van der Waals surface area (Å²) in [6, 6.07) is 13.6. The topological polar surface area (TPSA) is 123 Å². The second kappa shape index (κ2) is 16.7. The standard InChI is InChI=1S/C36H52N3O4/c1-2-3-4-5-7-11-29(40)26-30(41)15-13-27-14-16-32(42)33(24-27)43-23-18-31(28-17-22-39-35(37)25-28)36(19-8-6-9-20-36)34-12-10-21-38-34/h10,12,14,16-17,21-22,24-25,29-31,40-42H,2-9,11,13,15,18-20,23,26H2,1H3,(H2,37,39)/q-1/t29-,30+,31+/m0/s1. The third-order valence-corrected chi connectivity index (χ3v) is 9.32. The molecule has 1 aliphatic rings. The number of nitrogens with zero attached hydrogens (tertiary/aromatic N) is 2. The summed E-state index contributed by atoms with van der Waals surface area (Å²) in [6.45, 7) is 2.63. The second-order valence-electron chi connectivity index (χ2n) is 12.5. The molecule has 0 radical (unpaired) electrons. The first kappa shape index (κ1) is 32.9. The van der Waals surface area contributed by atoms with Gasteiger partial charge in [0.1, 0.15) is 5.82 Å². The highest BCUT2D eigenvalue weighted by Gasteiger charge is 2.39. The molecule has 3 aromatic rings. The largest absolute Gasteiger partial charge is 0.667 e. The number of aromatic hydroxyl groups is 1. The number of aliphatic hydroxyl groups is 2. The number of hydrogen-bond acceptors (Lipinski definition) is 6. The first-order chi connectivity index (χ1) is 20.9. The lowest BCUT2D eigenvalue weighted by molar-refractivity contribution is 0.0697. The van der Waals surface area contributed by atoms with E-state index < -0.39 is 12.2 Å². The minimum Gasteiger partial charge on any atom is -0.667 e. The molecule has 1 fully saturated rings.